The van der Waals surface area contributed by atoms with Crippen LogP contribution in [0.5, 0.6) is 11.5 Å². The van der Waals surface area contributed by atoms with E-state index in [0.717, 1.165) is 5.56 Å². The smallest absolute Gasteiger partial charge is 0.256 e. The van der Waals surface area contributed by atoms with Gasteiger partial charge in [0.1, 0.15) is 0 Å². The maximum absolute atomic E-state index is 12.5. The van der Waals surface area contributed by atoms with Crippen LogP contribution in [0.4, 0.5) is 0 Å². The van der Waals surface area contributed by atoms with E-state index in [9.17, 15) is 15.0 Å². The quantitative estimate of drug-likeness (QED) is 0.749. The Balaban J connectivity index is 2.15. The molecule has 0 radical (unpaired) electrons. The first-order valence-corrected chi connectivity index (χ1v) is 7.91. The number of phenols is 1. The third-order valence-corrected chi connectivity index (χ3v) is 4.12. The van der Waals surface area contributed by atoms with Gasteiger partial charge in [0.15, 0.2) is 17.1 Å². The summed E-state index contributed by atoms with van der Waals surface area (Å²) in [7, 11) is 1.45. The molecule has 128 valence electrons. The van der Waals surface area contributed by atoms with Gasteiger partial charge < -0.3 is 20.3 Å². The molecule has 2 aromatic rings. The number of aliphatic hydroxyl groups is 1. The van der Waals surface area contributed by atoms with E-state index < -0.39 is 11.5 Å². The van der Waals surface area contributed by atoms with Crippen LogP contribution in [0, 0.1) is 0 Å². The highest BCUT2D eigenvalue weighted by molar-refractivity contribution is 6.30. The summed E-state index contributed by atoms with van der Waals surface area (Å²) in [5.74, 6) is -0.168. The number of carbonyl (C=O) groups is 1. The fraction of sp³-hybridized carbons (Fsp3) is 0.278. The Bertz CT molecular complexity index is 735. The number of rotatable bonds is 6. The first-order valence-electron chi connectivity index (χ1n) is 7.53. The van der Waals surface area contributed by atoms with E-state index in [0.29, 0.717) is 16.3 Å². The number of halogens is 1. The third-order valence-electron chi connectivity index (χ3n) is 3.89. The molecule has 0 aliphatic carbocycles. The normalized spacial score (nSPS) is 13.2. The molecule has 0 aliphatic rings. The van der Waals surface area contributed by atoms with Gasteiger partial charge in [0.05, 0.1) is 7.11 Å². The predicted molar refractivity (Wildman–Crippen MR) is 92.1 cm³/mol. The van der Waals surface area contributed by atoms with Crippen LogP contribution in [0.1, 0.15) is 24.5 Å². The third kappa shape index (κ3) is 3.80. The number of phenolic OH excluding ortho intramolecular Hbond substituents is 1. The van der Waals surface area contributed by atoms with Crippen molar-refractivity contribution in [2.75, 3.05) is 7.11 Å². The Labute approximate surface area is 145 Å². The summed E-state index contributed by atoms with van der Waals surface area (Å²) in [6, 6.07) is 11.4. The lowest BCUT2D eigenvalue weighted by molar-refractivity contribution is -0.141. The van der Waals surface area contributed by atoms with Gasteiger partial charge >= 0.3 is 0 Å². The van der Waals surface area contributed by atoms with Crippen molar-refractivity contribution in [3.8, 4) is 11.5 Å². The van der Waals surface area contributed by atoms with Crippen molar-refractivity contribution in [2.24, 2.45) is 0 Å². The topological polar surface area (TPSA) is 78.8 Å². The standard InChI is InChI=1S/C18H20ClNO4/c1-3-18(23,13-5-4-6-14(19)10-13)17(22)20-11-12-7-8-15(21)16(9-12)24-2/h4-10,21,23H,3,11H2,1-2H3,(H,20,22)/t18-/m0/s1. The zero-order valence-electron chi connectivity index (χ0n) is 13.5. The lowest BCUT2D eigenvalue weighted by Gasteiger charge is -2.26. The van der Waals surface area contributed by atoms with E-state index in [4.69, 9.17) is 16.3 Å². The van der Waals surface area contributed by atoms with Crippen LogP contribution in [0.3, 0.4) is 0 Å². The monoisotopic (exact) mass is 349 g/mol. The van der Waals surface area contributed by atoms with Crippen LogP contribution in [-0.4, -0.2) is 23.2 Å². The highest BCUT2D eigenvalue weighted by Gasteiger charge is 2.35. The van der Waals surface area contributed by atoms with Gasteiger partial charge in [-0.1, -0.05) is 36.7 Å². The highest BCUT2D eigenvalue weighted by atomic mass is 35.5. The lowest BCUT2D eigenvalue weighted by atomic mass is 9.90. The average molecular weight is 350 g/mol. The van der Waals surface area contributed by atoms with Crippen molar-refractivity contribution in [3.63, 3.8) is 0 Å². The van der Waals surface area contributed by atoms with Crippen molar-refractivity contribution < 1.29 is 19.7 Å². The molecule has 3 N–H and O–H groups in total. The van der Waals surface area contributed by atoms with Crippen LogP contribution in [0.2, 0.25) is 5.02 Å². The fourth-order valence-electron chi connectivity index (χ4n) is 2.40. The molecule has 2 aromatic carbocycles. The molecule has 2 rings (SSSR count). The molecule has 0 aliphatic heterocycles. The summed E-state index contributed by atoms with van der Waals surface area (Å²) in [5, 5.41) is 23.5. The molecule has 1 amide bonds. The van der Waals surface area contributed by atoms with Gasteiger partial charge in [-0.3, -0.25) is 4.79 Å². The molecule has 1 atom stereocenters. The molecule has 0 aromatic heterocycles. The summed E-state index contributed by atoms with van der Waals surface area (Å²) in [4.78, 5) is 12.5. The van der Waals surface area contributed by atoms with E-state index in [2.05, 4.69) is 5.32 Å². The van der Waals surface area contributed by atoms with Gasteiger partial charge in [0.25, 0.3) is 5.91 Å². The molecule has 24 heavy (non-hydrogen) atoms. The second kappa shape index (κ2) is 7.55. The van der Waals surface area contributed by atoms with Crippen LogP contribution in [-0.2, 0) is 16.9 Å². The first kappa shape index (κ1) is 18.1. The SMILES string of the molecule is CC[C@@](O)(C(=O)NCc1ccc(O)c(OC)c1)c1cccc(Cl)c1. The van der Waals surface area contributed by atoms with Gasteiger partial charge in [0.2, 0.25) is 0 Å². The van der Waals surface area contributed by atoms with Crippen LogP contribution in [0.25, 0.3) is 0 Å². The lowest BCUT2D eigenvalue weighted by Crippen LogP contribution is -2.43. The van der Waals surface area contributed by atoms with Crippen molar-refractivity contribution in [1.82, 2.24) is 5.32 Å². The summed E-state index contributed by atoms with van der Waals surface area (Å²) in [6.07, 6.45) is 0.206. The summed E-state index contributed by atoms with van der Waals surface area (Å²) in [6.45, 7) is 1.92. The van der Waals surface area contributed by atoms with Gasteiger partial charge in [-0.05, 0) is 41.8 Å². The Morgan fingerprint density at radius 2 is 2.04 bits per heavy atom. The van der Waals surface area contributed by atoms with E-state index >= 15 is 0 Å². The second-order valence-corrected chi connectivity index (χ2v) is 5.85. The molecule has 5 nitrogen and oxygen atoms in total. The molecule has 0 spiro atoms. The largest absolute Gasteiger partial charge is 0.504 e. The Morgan fingerprint density at radius 3 is 2.67 bits per heavy atom. The van der Waals surface area contributed by atoms with E-state index in [-0.39, 0.29) is 18.7 Å². The number of carbonyl (C=O) groups excluding carboxylic acids is 1. The summed E-state index contributed by atoms with van der Waals surface area (Å²) >= 11 is 5.95. The molecule has 0 saturated carbocycles. The van der Waals surface area contributed by atoms with Gasteiger partial charge in [-0.25, -0.2) is 0 Å². The number of amides is 1. The Hall–Kier alpha value is -2.24. The first-order chi connectivity index (χ1) is 11.4. The Morgan fingerprint density at radius 1 is 1.29 bits per heavy atom. The van der Waals surface area contributed by atoms with Crippen LogP contribution >= 0.6 is 11.6 Å². The minimum absolute atomic E-state index is 0.0246. The number of aromatic hydroxyl groups is 1. The average Bonchev–Trinajstić information content (AvgIpc) is 2.59. The molecular weight excluding hydrogens is 330 g/mol. The van der Waals surface area contributed by atoms with Crippen LogP contribution in [0.15, 0.2) is 42.5 Å². The van der Waals surface area contributed by atoms with Crippen LogP contribution < -0.4 is 10.1 Å². The summed E-state index contributed by atoms with van der Waals surface area (Å²) in [5.41, 5.74) is -0.479. The molecule has 0 saturated heterocycles. The minimum Gasteiger partial charge on any atom is -0.504 e. The van der Waals surface area contributed by atoms with Crippen molar-refractivity contribution >= 4 is 17.5 Å². The zero-order valence-corrected chi connectivity index (χ0v) is 14.3. The maximum Gasteiger partial charge on any atom is 0.256 e. The molecule has 0 unspecified atom stereocenters. The van der Waals surface area contributed by atoms with Crippen molar-refractivity contribution in [2.45, 2.75) is 25.5 Å². The van der Waals surface area contributed by atoms with Crippen molar-refractivity contribution in [1.29, 1.82) is 0 Å². The van der Waals surface area contributed by atoms with Crippen molar-refractivity contribution in [3.05, 3.63) is 58.6 Å². The highest BCUT2D eigenvalue weighted by Crippen LogP contribution is 2.28. The zero-order chi connectivity index (χ0) is 17.7. The summed E-state index contributed by atoms with van der Waals surface area (Å²) < 4.78 is 5.04. The molecule has 6 heteroatoms. The molecular formula is C18H20ClNO4. The van der Waals surface area contributed by atoms with Gasteiger partial charge in [-0.2, -0.15) is 0 Å². The van der Waals surface area contributed by atoms with Gasteiger partial charge in [-0.15, -0.1) is 0 Å². The Kier molecular flexibility index (Phi) is 5.70. The number of hydrogen-bond donors (Lipinski definition) is 3. The second-order valence-electron chi connectivity index (χ2n) is 5.41. The van der Waals surface area contributed by atoms with Gasteiger partial charge in [0, 0.05) is 11.6 Å². The number of benzene rings is 2. The van der Waals surface area contributed by atoms with E-state index in [1.54, 1.807) is 43.3 Å². The number of hydrogen-bond acceptors (Lipinski definition) is 4. The number of nitrogens with one attached hydrogen (secondary N) is 1. The predicted octanol–water partition coefficient (Wildman–Crippen LogP) is 2.97. The minimum atomic E-state index is -1.66. The van der Waals surface area contributed by atoms with E-state index in [1.807, 2.05) is 0 Å². The van der Waals surface area contributed by atoms with E-state index in [1.165, 1.54) is 13.2 Å². The maximum atomic E-state index is 12.5. The molecule has 0 fully saturated rings. The fourth-order valence-corrected chi connectivity index (χ4v) is 2.59. The number of ether oxygens (including phenoxy) is 1. The molecule has 0 heterocycles. The number of methoxy groups -OCH3 is 1. The molecule has 0 bridgehead atoms.